The molecule has 0 saturated carbocycles. The van der Waals surface area contributed by atoms with Crippen molar-refractivity contribution >= 4 is 21.6 Å². The summed E-state index contributed by atoms with van der Waals surface area (Å²) in [4.78, 5) is 0.132. The third-order valence-electron chi connectivity index (χ3n) is 4.30. The zero-order chi connectivity index (χ0) is 17.0. The van der Waals surface area contributed by atoms with Crippen LogP contribution in [0, 0.1) is 0 Å². The molecule has 1 N–H and O–H groups in total. The second-order valence-electron chi connectivity index (χ2n) is 6.04. The molecule has 0 aromatic heterocycles. The molecule has 0 amide bonds. The highest BCUT2D eigenvalue weighted by molar-refractivity contribution is 7.89. The summed E-state index contributed by atoms with van der Waals surface area (Å²) >= 11 is 6.04. The summed E-state index contributed by atoms with van der Waals surface area (Å²) in [5.74, 6) is 0.340. The van der Waals surface area contributed by atoms with Gasteiger partial charge in [0.05, 0.1) is 6.10 Å². The molecule has 2 aliphatic rings. The van der Waals surface area contributed by atoms with Crippen LogP contribution in [0.3, 0.4) is 0 Å². The van der Waals surface area contributed by atoms with Gasteiger partial charge in [0.15, 0.2) is 0 Å². The lowest BCUT2D eigenvalue weighted by atomic mass is 10.1. The van der Waals surface area contributed by atoms with Crippen LogP contribution in [0.4, 0.5) is 0 Å². The zero-order valence-electron chi connectivity index (χ0n) is 13.5. The highest BCUT2D eigenvalue weighted by atomic mass is 35.5. The molecule has 1 aromatic carbocycles. The van der Waals surface area contributed by atoms with Crippen LogP contribution >= 0.6 is 11.6 Å². The van der Waals surface area contributed by atoms with Crippen LogP contribution in [0.25, 0.3) is 0 Å². The van der Waals surface area contributed by atoms with Gasteiger partial charge < -0.3 is 14.8 Å². The molecule has 2 saturated heterocycles. The molecule has 1 atom stereocenters. The number of ether oxygens (including phenoxy) is 2. The smallest absolute Gasteiger partial charge is 0.246 e. The Hall–Kier alpha value is -0.860. The van der Waals surface area contributed by atoms with Crippen molar-refractivity contribution < 1.29 is 17.9 Å². The summed E-state index contributed by atoms with van der Waals surface area (Å²) in [5, 5.41) is 3.53. The monoisotopic (exact) mass is 374 g/mol. The molecule has 0 bridgehead atoms. The normalized spacial score (nSPS) is 23.1. The molecular formula is C16H23ClN2O4S. The molecule has 24 heavy (non-hydrogen) atoms. The third kappa shape index (κ3) is 4.21. The van der Waals surface area contributed by atoms with Gasteiger partial charge in [0.2, 0.25) is 10.0 Å². The zero-order valence-corrected chi connectivity index (χ0v) is 15.1. The van der Waals surface area contributed by atoms with E-state index in [4.69, 9.17) is 21.1 Å². The SMILES string of the molecule is O=S(=O)(c1cc(Cl)ccc1OCC1CCCCO1)N1CCNCC1. The van der Waals surface area contributed by atoms with Gasteiger partial charge in [0.25, 0.3) is 0 Å². The fraction of sp³-hybridized carbons (Fsp3) is 0.625. The molecule has 2 heterocycles. The molecule has 0 aliphatic carbocycles. The van der Waals surface area contributed by atoms with E-state index in [1.54, 1.807) is 12.1 Å². The van der Waals surface area contributed by atoms with E-state index in [1.165, 1.54) is 10.4 Å². The van der Waals surface area contributed by atoms with Crippen LogP contribution in [-0.4, -0.2) is 58.2 Å². The number of nitrogens with zero attached hydrogens (tertiary/aromatic N) is 1. The molecule has 3 rings (SSSR count). The second kappa shape index (κ2) is 8.01. The first-order valence-electron chi connectivity index (χ1n) is 8.32. The van der Waals surface area contributed by atoms with Crippen LogP contribution in [0.1, 0.15) is 19.3 Å². The van der Waals surface area contributed by atoms with Gasteiger partial charge >= 0.3 is 0 Å². The molecule has 8 heteroatoms. The van der Waals surface area contributed by atoms with Gasteiger partial charge in [-0.3, -0.25) is 0 Å². The number of nitrogens with one attached hydrogen (secondary N) is 1. The Morgan fingerprint density at radius 3 is 2.79 bits per heavy atom. The molecule has 0 radical (unpaired) electrons. The average Bonchev–Trinajstić information content (AvgIpc) is 2.62. The Balaban J connectivity index is 1.79. The van der Waals surface area contributed by atoms with Gasteiger partial charge in [-0.15, -0.1) is 0 Å². The molecular weight excluding hydrogens is 352 g/mol. The molecule has 1 aromatic rings. The summed E-state index contributed by atoms with van der Waals surface area (Å²) < 4.78 is 38.8. The van der Waals surface area contributed by atoms with Crippen LogP contribution in [0.5, 0.6) is 5.75 Å². The number of hydrogen-bond acceptors (Lipinski definition) is 5. The van der Waals surface area contributed by atoms with Gasteiger partial charge in [0.1, 0.15) is 17.3 Å². The third-order valence-corrected chi connectivity index (χ3v) is 6.45. The summed E-state index contributed by atoms with van der Waals surface area (Å²) in [5.41, 5.74) is 0. The van der Waals surface area contributed by atoms with Crippen molar-refractivity contribution in [3.05, 3.63) is 23.2 Å². The summed E-state index contributed by atoms with van der Waals surface area (Å²) in [7, 11) is -3.63. The van der Waals surface area contributed by atoms with Crippen LogP contribution in [0.15, 0.2) is 23.1 Å². The molecule has 2 fully saturated rings. The maximum atomic E-state index is 12.9. The van der Waals surface area contributed by atoms with E-state index in [-0.39, 0.29) is 11.0 Å². The lowest BCUT2D eigenvalue weighted by Crippen LogP contribution is -2.46. The minimum atomic E-state index is -3.63. The van der Waals surface area contributed by atoms with E-state index < -0.39 is 10.0 Å². The van der Waals surface area contributed by atoms with Crippen molar-refractivity contribution in [2.45, 2.75) is 30.3 Å². The van der Waals surface area contributed by atoms with Crippen molar-refractivity contribution in [1.82, 2.24) is 9.62 Å². The number of benzene rings is 1. The fourth-order valence-electron chi connectivity index (χ4n) is 2.95. The number of piperazine rings is 1. The number of halogens is 1. The van der Waals surface area contributed by atoms with Gasteiger partial charge in [-0.2, -0.15) is 4.31 Å². The lowest BCUT2D eigenvalue weighted by molar-refractivity contribution is -0.0116. The highest BCUT2D eigenvalue weighted by Crippen LogP contribution is 2.30. The molecule has 1 unspecified atom stereocenters. The molecule has 6 nitrogen and oxygen atoms in total. The highest BCUT2D eigenvalue weighted by Gasteiger charge is 2.29. The second-order valence-corrected chi connectivity index (χ2v) is 8.39. The minimum absolute atomic E-state index is 0.0177. The predicted molar refractivity (Wildman–Crippen MR) is 92.2 cm³/mol. The standard InChI is InChI=1S/C16H23ClN2O4S/c17-13-4-5-15(23-12-14-3-1-2-10-22-14)16(11-13)24(20,21)19-8-6-18-7-9-19/h4-5,11,14,18H,1-3,6-10,12H2. The number of rotatable bonds is 5. The van der Waals surface area contributed by atoms with Gasteiger partial charge in [-0.05, 0) is 37.5 Å². The first kappa shape index (κ1) is 17.9. The van der Waals surface area contributed by atoms with E-state index in [0.717, 1.165) is 25.9 Å². The van der Waals surface area contributed by atoms with Gasteiger partial charge in [-0.1, -0.05) is 11.6 Å². The summed E-state index contributed by atoms with van der Waals surface area (Å²) in [6.45, 7) is 3.27. The van der Waals surface area contributed by atoms with E-state index in [2.05, 4.69) is 5.32 Å². The van der Waals surface area contributed by atoms with Crippen LogP contribution < -0.4 is 10.1 Å². The van der Waals surface area contributed by atoms with E-state index in [0.29, 0.717) is 43.6 Å². The Morgan fingerprint density at radius 2 is 2.08 bits per heavy atom. The topological polar surface area (TPSA) is 67.9 Å². The Bertz CT molecular complexity index is 656. The van der Waals surface area contributed by atoms with Crippen molar-refractivity contribution in [3.8, 4) is 5.75 Å². The average molecular weight is 375 g/mol. The van der Waals surface area contributed by atoms with E-state index in [1.807, 2.05) is 0 Å². The predicted octanol–water partition coefficient (Wildman–Crippen LogP) is 1.88. The molecule has 0 spiro atoms. The Labute approximate surface area is 148 Å². The van der Waals surface area contributed by atoms with Crippen molar-refractivity contribution in [2.75, 3.05) is 39.4 Å². The van der Waals surface area contributed by atoms with Crippen LogP contribution in [-0.2, 0) is 14.8 Å². The Morgan fingerprint density at radius 1 is 1.29 bits per heavy atom. The van der Waals surface area contributed by atoms with Gasteiger partial charge in [-0.25, -0.2) is 8.42 Å². The largest absolute Gasteiger partial charge is 0.489 e. The maximum Gasteiger partial charge on any atom is 0.246 e. The molecule has 134 valence electrons. The fourth-order valence-corrected chi connectivity index (χ4v) is 4.78. The van der Waals surface area contributed by atoms with E-state index >= 15 is 0 Å². The van der Waals surface area contributed by atoms with E-state index in [9.17, 15) is 8.42 Å². The van der Waals surface area contributed by atoms with Gasteiger partial charge in [0, 0.05) is 37.8 Å². The van der Waals surface area contributed by atoms with Crippen molar-refractivity contribution in [2.24, 2.45) is 0 Å². The molecule has 2 aliphatic heterocycles. The number of sulfonamides is 1. The summed E-state index contributed by atoms with van der Waals surface area (Å²) in [6, 6.07) is 4.74. The Kier molecular flexibility index (Phi) is 5.99. The first-order chi connectivity index (χ1) is 11.6. The van der Waals surface area contributed by atoms with Crippen LogP contribution in [0.2, 0.25) is 5.02 Å². The number of hydrogen-bond donors (Lipinski definition) is 1. The first-order valence-corrected chi connectivity index (χ1v) is 10.1. The lowest BCUT2D eigenvalue weighted by Gasteiger charge is -2.28. The quantitative estimate of drug-likeness (QED) is 0.852. The maximum absolute atomic E-state index is 12.9. The van der Waals surface area contributed by atoms with Crippen molar-refractivity contribution in [3.63, 3.8) is 0 Å². The van der Waals surface area contributed by atoms with Crippen molar-refractivity contribution in [1.29, 1.82) is 0 Å². The minimum Gasteiger partial charge on any atom is -0.489 e. The summed E-state index contributed by atoms with van der Waals surface area (Å²) in [6.07, 6.45) is 3.14.